The van der Waals surface area contributed by atoms with Crippen LogP contribution in [0.5, 0.6) is 0 Å². The fraction of sp³-hybridized carbons (Fsp3) is 0.318. The summed E-state index contributed by atoms with van der Waals surface area (Å²) >= 11 is 0. The van der Waals surface area contributed by atoms with Crippen LogP contribution in [0.15, 0.2) is 42.0 Å². The van der Waals surface area contributed by atoms with Crippen molar-refractivity contribution in [3.05, 3.63) is 64.9 Å². The van der Waals surface area contributed by atoms with Gasteiger partial charge in [0.05, 0.1) is 16.8 Å². The van der Waals surface area contributed by atoms with Crippen LogP contribution in [0.3, 0.4) is 0 Å². The van der Waals surface area contributed by atoms with Gasteiger partial charge in [0, 0.05) is 12.2 Å². The molecule has 2 heterocycles. The van der Waals surface area contributed by atoms with Crippen LogP contribution in [0.1, 0.15) is 41.7 Å². The zero-order chi connectivity index (χ0) is 20.8. The van der Waals surface area contributed by atoms with Gasteiger partial charge in [-0.3, -0.25) is 0 Å². The van der Waals surface area contributed by atoms with E-state index in [4.69, 9.17) is 10.7 Å². The molecule has 0 saturated heterocycles. The molecule has 150 valence electrons. The highest BCUT2D eigenvalue weighted by Crippen LogP contribution is 2.22. The van der Waals surface area contributed by atoms with Gasteiger partial charge >= 0.3 is 0 Å². The van der Waals surface area contributed by atoms with Crippen molar-refractivity contribution in [3.8, 4) is 6.07 Å². The molecule has 2 aromatic rings. The number of hydrogen-bond donors (Lipinski definition) is 3. The molecule has 7 nitrogen and oxygen atoms in total. The molecule has 1 aliphatic rings. The molecule has 3 rings (SSSR count). The third-order valence-electron chi connectivity index (χ3n) is 4.71. The van der Waals surface area contributed by atoms with Crippen molar-refractivity contribution in [2.24, 2.45) is 10.9 Å². The molecule has 0 unspecified atom stereocenters. The highest BCUT2D eigenvalue weighted by atomic mass is 16.6. The molecule has 1 aromatic carbocycles. The Morgan fingerprint density at radius 2 is 2.03 bits per heavy atom. The van der Waals surface area contributed by atoms with Gasteiger partial charge in [-0.1, -0.05) is 18.7 Å². The van der Waals surface area contributed by atoms with E-state index >= 15 is 0 Å². The maximum atomic E-state index is 9.44. The average molecular weight is 390 g/mol. The number of nitriles is 1. The zero-order valence-corrected chi connectivity index (χ0v) is 16.8. The number of nitrogens with two attached hydrogens (primary N) is 1. The van der Waals surface area contributed by atoms with Crippen LogP contribution >= 0.6 is 0 Å². The summed E-state index contributed by atoms with van der Waals surface area (Å²) in [5.74, 6) is 6.14. The zero-order valence-electron chi connectivity index (χ0n) is 16.8. The molecule has 1 aromatic heterocycles. The Bertz CT molecular complexity index is 974. The predicted molar refractivity (Wildman–Crippen MR) is 115 cm³/mol. The molecular formula is C22H26N6O. The van der Waals surface area contributed by atoms with E-state index in [9.17, 15) is 5.26 Å². The second-order valence-corrected chi connectivity index (χ2v) is 7.25. The lowest BCUT2D eigenvalue weighted by Crippen LogP contribution is -2.16. The molecule has 0 atom stereocenters. The number of aliphatic imine (C=N–C) groups is 1. The summed E-state index contributed by atoms with van der Waals surface area (Å²) < 4.78 is 0. The third-order valence-corrected chi connectivity index (χ3v) is 4.71. The van der Waals surface area contributed by atoms with Gasteiger partial charge < -0.3 is 15.5 Å². The van der Waals surface area contributed by atoms with Crippen molar-refractivity contribution in [3.63, 3.8) is 0 Å². The molecule has 0 radical (unpaired) electrons. The Labute approximate surface area is 171 Å². The quantitative estimate of drug-likeness (QED) is 0.412. The fourth-order valence-electron chi connectivity index (χ4n) is 3.25. The lowest BCUT2D eigenvalue weighted by molar-refractivity contribution is 0.322. The Kier molecular flexibility index (Phi) is 6.60. The monoisotopic (exact) mass is 390 g/mol. The number of benzene rings is 1. The molecule has 7 heteroatoms. The van der Waals surface area contributed by atoms with Crippen LogP contribution in [-0.2, 0) is 17.7 Å². The molecule has 29 heavy (non-hydrogen) atoms. The van der Waals surface area contributed by atoms with Gasteiger partial charge in [-0.2, -0.15) is 11.2 Å². The van der Waals surface area contributed by atoms with Gasteiger partial charge in [0.2, 0.25) is 5.90 Å². The Hall–Kier alpha value is -3.21. The van der Waals surface area contributed by atoms with E-state index in [0.29, 0.717) is 22.6 Å². The maximum absolute atomic E-state index is 9.44. The number of rotatable bonds is 5. The molecular weight excluding hydrogens is 364 g/mol. The summed E-state index contributed by atoms with van der Waals surface area (Å²) in [7, 11) is 0. The van der Waals surface area contributed by atoms with E-state index < -0.39 is 0 Å². The molecule has 4 N–H and O–H groups in total. The minimum Gasteiger partial charge on any atom is -0.390 e. The summed E-state index contributed by atoms with van der Waals surface area (Å²) in [6.07, 6.45) is 3.56. The number of fused-ring (bicyclic) bond motifs is 1. The smallest absolute Gasteiger partial charge is 0.246 e. The SMILES string of the molecule is C=C(/N=C(\ON)c1cnc(NC(C)C)c(C#N)c1)c1ccc2c(c1)CCNCC2. The van der Waals surface area contributed by atoms with Crippen molar-refractivity contribution >= 4 is 17.4 Å². The maximum Gasteiger partial charge on any atom is 0.246 e. The van der Waals surface area contributed by atoms with Crippen LogP contribution in [0.25, 0.3) is 5.70 Å². The first-order valence-corrected chi connectivity index (χ1v) is 9.66. The van der Waals surface area contributed by atoms with Crippen molar-refractivity contribution in [1.82, 2.24) is 10.3 Å². The van der Waals surface area contributed by atoms with E-state index in [1.54, 1.807) is 12.3 Å². The van der Waals surface area contributed by atoms with E-state index in [1.807, 2.05) is 19.9 Å². The number of aromatic nitrogens is 1. The Morgan fingerprint density at radius 3 is 2.72 bits per heavy atom. The van der Waals surface area contributed by atoms with Crippen LogP contribution in [0, 0.1) is 11.3 Å². The molecule has 0 amide bonds. The number of anilines is 1. The first-order chi connectivity index (χ1) is 14.0. The summed E-state index contributed by atoms with van der Waals surface area (Å²) in [6.45, 7) is 9.99. The van der Waals surface area contributed by atoms with E-state index in [0.717, 1.165) is 31.5 Å². The van der Waals surface area contributed by atoms with Crippen molar-refractivity contribution in [1.29, 1.82) is 5.26 Å². The van der Waals surface area contributed by atoms with Crippen molar-refractivity contribution < 1.29 is 4.84 Å². The molecule has 0 fully saturated rings. The highest BCUT2D eigenvalue weighted by molar-refractivity contribution is 5.97. The lowest BCUT2D eigenvalue weighted by atomic mass is 9.99. The Balaban J connectivity index is 1.89. The van der Waals surface area contributed by atoms with E-state index in [-0.39, 0.29) is 11.9 Å². The van der Waals surface area contributed by atoms with E-state index in [2.05, 4.69) is 45.4 Å². The van der Waals surface area contributed by atoms with Gasteiger partial charge in [0.1, 0.15) is 11.9 Å². The van der Waals surface area contributed by atoms with Gasteiger partial charge in [0.15, 0.2) is 0 Å². The van der Waals surface area contributed by atoms with Crippen molar-refractivity contribution in [2.75, 3.05) is 18.4 Å². The van der Waals surface area contributed by atoms with Crippen molar-refractivity contribution in [2.45, 2.75) is 32.7 Å². The first kappa shape index (κ1) is 20.5. The molecule has 0 saturated carbocycles. The topological polar surface area (TPSA) is 108 Å². The summed E-state index contributed by atoms with van der Waals surface area (Å²) in [4.78, 5) is 13.8. The first-order valence-electron chi connectivity index (χ1n) is 9.66. The van der Waals surface area contributed by atoms with Gasteiger partial charge in [-0.25, -0.2) is 9.98 Å². The number of pyridine rings is 1. The molecule has 1 aliphatic heterocycles. The summed E-state index contributed by atoms with van der Waals surface area (Å²) in [6, 6.07) is 10.2. The largest absolute Gasteiger partial charge is 0.390 e. The predicted octanol–water partition coefficient (Wildman–Crippen LogP) is 2.77. The van der Waals surface area contributed by atoms with Crippen LogP contribution in [0.2, 0.25) is 0 Å². The van der Waals surface area contributed by atoms with Crippen LogP contribution in [0.4, 0.5) is 5.82 Å². The number of hydrogen-bond acceptors (Lipinski definition) is 7. The lowest BCUT2D eigenvalue weighted by Gasteiger charge is -2.12. The molecule has 0 spiro atoms. The summed E-state index contributed by atoms with van der Waals surface area (Å²) in [5.41, 5.74) is 5.00. The van der Waals surface area contributed by atoms with Gasteiger partial charge in [-0.05, 0) is 68.6 Å². The standard InChI is InChI=1S/C22H26N6O/c1-14(2)27-21-19(12-23)11-20(13-26-21)22(29-24)28-15(3)17-5-4-16-6-8-25-9-7-18(16)10-17/h4-5,10-11,13-14,25H,3,6-9,24H2,1-2H3,(H,26,27)/b28-22-. The molecule has 0 aliphatic carbocycles. The molecule has 0 bridgehead atoms. The minimum atomic E-state index is 0.155. The van der Waals surface area contributed by atoms with Crippen LogP contribution < -0.4 is 16.5 Å². The van der Waals surface area contributed by atoms with Gasteiger partial charge in [-0.15, -0.1) is 0 Å². The number of nitrogens with one attached hydrogen (secondary N) is 2. The minimum absolute atomic E-state index is 0.155. The second-order valence-electron chi connectivity index (χ2n) is 7.25. The van der Waals surface area contributed by atoms with Gasteiger partial charge in [0.25, 0.3) is 0 Å². The normalized spacial score (nSPS) is 14.0. The van der Waals surface area contributed by atoms with E-state index in [1.165, 1.54) is 11.1 Å². The Morgan fingerprint density at radius 1 is 1.28 bits per heavy atom. The summed E-state index contributed by atoms with van der Waals surface area (Å²) in [5, 5.41) is 16.0. The van der Waals surface area contributed by atoms with Crippen LogP contribution in [-0.4, -0.2) is 30.0 Å². The fourth-order valence-corrected chi connectivity index (χ4v) is 3.25. The highest BCUT2D eigenvalue weighted by Gasteiger charge is 2.14. The third kappa shape index (κ3) is 4.99. The average Bonchev–Trinajstić information content (AvgIpc) is 2.96. The second kappa shape index (κ2) is 9.32. The number of nitrogens with zero attached hydrogens (tertiary/aromatic N) is 3.